The molecule has 0 bridgehead atoms. The van der Waals surface area contributed by atoms with Gasteiger partial charge in [0, 0.05) is 12.2 Å². The Bertz CT molecular complexity index is 275. The maximum atomic E-state index is 9.09. The van der Waals surface area contributed by atoms with Gasteiger partial charge in [-0.15, -0.1) is 0 Å². The molecule has 1 N–H and O–H groups in total. The monoisotopic (exact) mass is 209 g/mol. The summed E-state index contributed by atoms with van der Waals surface area (Å²) in [5.41, 5.74) is 3.58. The molecule has 0 heterocycles. The molecule has 0 fully saturated rings. The van der Waals surface area contributed by atoms with Crippen LogP contribution in [0.25, 0.3) is 0 Å². The van der Waals surface area contributed by atoms with Gasteiger partial charge in [-0.2, -0.15) is 0 Å². The van der Waals surface area contributed by atoms with E-state index >= 15 is 0 Å². The van der Waals surface area contributed by atoms with Crippen molar-refractivity contribution in [1.29, 1.82) is 0 Å². The van der Waals surface area contributed by atoms with Gasteiger partial charge in [0.15, 0.2) is 0 Å². The molecule has 0 spiro atoms. The third-order valence-electron chi connectivity index (χ3n) is 2.12. The van der Waals surface area contributed by atoms with Gasteiger partial charge in [0.25, 0.3) is 0 Å². The molecular weight excluding hydrogens is 190 g/mol. The van der Waals surface area contributed by atoms with Crippen molar-refractivity contribution in [3.63, 3.8) is 0 Å². The molecule has 3 heteroatoms. The second-order valence-corrected chi connectivity index (χ2v) is 3.34. The topological polar surface area (TPSA) is 40.5 Å². The maximum absolute atomic E-state index is 9.09. The predicted molar refractivity (Wildman–Crippen MR) is 63.1 cm³/mol. The molecule has 0 amide bonds. The Kier molecular flexibility index (Phi) is 6.38. The van der Waals surface area contributed by atoms with Gasteiger partial charge >= 0.3 is 0 Å². The number of benzene rings is 1. The van der Waals surface area contributed by atoms with Gasteiger partial charge < -0.3 is 14.8 Å². The lowest BCUT2D eigenvalue weighted by atomic mass is 10.1. The molecule has 0 saturated heterocycles. The lowest BCUT2D eigenvalue weighted by molar-refractivity contribution is -0.0979. The first kappa shape index (κ1) is 13.7. The van der Waals surface area contributed by atoms with Crippen LogP contribution in [0, 0.1) is 13.8 Å². The number of aliphatic hydroxyl groups is 1. The van der Waals surface area contributed by atoms with Crippen LogP contribution in [0.1, 0.15) is 18.1 Å². The Labute approximate surface area is 91.3 Å². The van der Waals surface area contributed by atoms with Crippen LogP contribution >= 0.6 is 0 Å². The number of carbonyl (C=O) groups excluding carboxylic acids is 1. The van der Waals surface area contributed by atoms with E-state index in [1.807, 2.05) is 18.6 Å². The van der Waals surface area contributed by atoms with Gasteiger partial charge in [-0.05, 0) is 44.0 Å². The second-order valence-electron chi connectivity index (χ2n) is 3.34. The Balaban J connectivity index is 0.000000921. The number of hydrogen-bond donors (Lipinski definition) is 1. The summed E-state index contributed by atoms with van der Waals surface area (Å²) in [6, 6.07) is 6.31. The molecule has 84 valence electrons. The fraction of sp³-hybridized carbons (Fsp3) is 0.417. The fourth-order valence-corrected chi connectivity index (χ4v) is 1.50. The van der Waals surface area contributed by atoms with Gasteiger partial charge in [0.05, 0.1) is 0 Å². The highest BCUT2D eigenvalue weighted by atomic mass is 16.3. The average molecular weight is 209 g/mol. The van der Waals surface area contributed by atoms with E-state index < -0.39 is 0 Å². The smallest absolute Gasteiger partial charge is 0.115 e. The Hall–Kier alpha value is -1.35. The minimum atomic E-state index is 0.0827. The number of rotatable bonds is 3. The number of nitrogens with zero attached hydrogens (tertiary/aromatic N) is 1. The minimum Gasteiger partial charge on any atom is -0.376 e. The zero-order valence-corrected chi connectivity index (χ0v) is 9.66. The van der Waals surface area contributed by atoms with E-state index in [4.69, 9.17) is 9.90 Å². The van der Waals surface area contributed by atoms with Crippen LogP contribution in [-0.2, 0) is 4.79 Å². The molecule has 0 radical (unpaired) electrons. The highest BCUT2D eigenvalue weighted by molar-refractivity contribution is 5.50. The minimum absolute atomic E-state index is 0.0827. The Morgan fingerprint density at radius 2 is 1.67 bits per heavy atom. The van der Waals surface area contributed by atoms with E-state index in [1.54, 1.807) is 0 Å². The van der Waals surface area contributed by atoms with E-state index in [2.05, 4.69) is 32.0 Å². The largest absolute Gasteiger partial charge is 0.376 e. The molecule has 1 aromatic carbocycles. The van der Waals surface area contributed by atoms with Crippen molar-refractivity contribution in [3.05, 3.63) is 29.3 Å². The lowest BCUT2D eigenvalue weighted by Gasteiger charge is -2.20. The van der Waals surface area contributed by atoms with Gasteiger partial charge in [-0.3, -0.25) is 0 Å². The maximum Gasteiger partial charge on any atom is 0.115 e. The van der Waals surface area contributed by atoms with Gasteiger partial charge in [-0.1, -0.05) is 6.07 Å². The van der Waals surface area contributed by atoms with Crippen molar-refractivity contribution in [2.24, 2.45) is 0 Å². The second kappa shape index (κ2) is 7.01. The highest BCUT2D eigenvalue weighted by Gasteiger charge is 2.02. The normalized spacial score (nSPS) is 9.07. The molecule has 1 aromatic rings. The van der Waals surface area contributed by atoms with Gasteiger partial charge in [-0.25, -0.2) is 0 Å². The molecule has 0 aliphatic heterocycles. The summed E-state index contributed by atoms with van der Waals surface area (Å²) in [7, 11) is 0. The molecule has 15 heavy (non-hydrogen) atoms. The van der Waals surface area contributed by atoms with Gasteiger partial charge in [0.1, 0.15) is 13.5 Å². The van der Waals surface area contributed by atoms with Crippen molar-refractivity contribution in [2.45, 2.75) is 20.8 Å². The van der Waals surface area contributed by atoms with Gasteiger partial charge in [0.2, 0.25) is 0 Å². The third-order valence-corrected chi connectivity index (χ3v) is 2.12. The van der Waals surface area contributed by atoms with E-state index in [0.717, 1.165) is 12.2 Å². The number of anilines is 1. The summed E-state index contributed by atoms with van der Waals surface area (Å²) in [6.45, 7) is 9.09. The number of carbonyl (C=O) groups is 1. The summed E-state index contributed by atoms with van der Waals surface area (Å²) >= 11 is 0. The third kappa shape index (κ3) is 4.13. The highest BCUT2D eigenvalue weighted by Crippen LogP contribution is 2.17. The van der Waals surface area contributed by atoms with Crippen molar-refractivity contribution in [3.8, 4) is 0 Å². The van der Waals surface area contributed by atoms with Crippen molar-refractivity contribution >= 4 is 12.5 Å². The molecule has 0 saturated carbocycles. The summed E-state index contributed by atoms with van der Waals surface area (Å²) < 4.78 is 0. The van der Waals surface area contributed by atoms with Crippen LogP contribution in [0.2, 0.25) is 0 Å². The predicted octanol–water partition coefficient (Wildman–Crippen LogP) is 1.89. The Morgan fingerprint density at radius 3 is 2.00 bits per heavy atom. The molecule has 0 aliphatic rings. The van der Waals surface area contributed by atoms with Crippen LogP contribution < -0.4 is 4.90 Å². The molecule has 3 nitrogen and oxygen atoms in total. The molecular formula is C12H19NO2. The quantitative estimate of drug-likeness (QED) is 0.773. The van der Waals surface area contributed by atoms with E-state index in [0.29, 0.717) is 0 Å². The standard InChI is InChI=1S/C11H17NO.CH2O/c1-4-12(8-13)11-6-9(2)5-10(3)7-11;1-2/h5-7,13H,4,8H2,1-3H3;1H2. The van der Waals surface area contributed by atoms with Crippen LogP contribution in [0.15, 0.2) is 18.2 Å². The number of aryl methyl sites for hydroxylation is 2. The zero-order valence-electron chi connectivity index (χ0n) is 9.66. The first-order valence-corrected chi connectivity index (χ1v) is 4.90. The van der Waals surface area contributed by atoms with Crippen LogP contribution in [-0.4, -0.2) is 25.2 Å². The van der Waals surface area contributed by atoms with Crippen molar-refractivity contribution in [1.82, 2.24) is 0 Å². The molecule has 0 unspecified atom stereocenters. The van der Waals surface area contributed by atoms with E-state index in [-0.39, 0.29) is 6.73 Å². The zero-order chi connectivity index (χ0) is 11.8. The van der Waals surface area contributed by atoms with E-state index in [1.165, 1.54) is 11.1 Å². The summed E-state index contributed by atoms with van der Waals surface area (Å²) in [5.74, 6) is 0. The fourth-order valence-electron chi connectivity index (χ4n) is 1.50. The van der Waals surface area contributed by atoms with Crippen LogP contribution in [0.3, 0.4) is 0 Å². The average Bonchev–Trinajstić information content (AvgIpc) is 2.21. The SMILES string of the molecule is C=O.CCN(CO)c1cc(C)cc(C)c1. The number of aliphatic hydroxyl groups excluding tert-OH is 1. The summed E-state index contributed by atoms with van der Waals surface area (Å²) in [6.07, 6.45) is 0. The number of hydrogen-bond acceptors (Lipinski definition) is 3. The first-order chi connectivity index (χ1) is 7.17. The molecule has 0 atom stereocenters. The van der Waals surface area contributed by atoms with Crippen LogP contribution in [0.4, 0.5) is 5.69 Å². The summed E-state index contributed by atoms with van der Waals surface area (Å²) in [5, 5.41) is 9.09. The molecule has 1 rings (SSSR count). The van der Waals surface area contributed by atoms with Crippen molar-refractivity contribution in [2.75, 3.05) is 18.2 Å². The molecule has 0 aromatic heterocycles. The summed E-state index contributed by atoms with van der Waals surface area (Å²) in [4.78, 5) is 9.93. The van der Waals surface area contributed by atoms with Crippen molar-refractivity contribution < 1.29 is 9.90 Å². The first-order valence-electron chi connectivity index (χ1n) is 4.90. The molecule has 0 aliphatic carbocycles. The lowest BCUT2D eigenvalue weighted by Crippen LogP contribution is -2.23. The van der Waals surface area contributed by atoms with Crippen LogP contribution in [0.5, 0.6) is 0 Å². The Morgan fingerprint density at radius 1 is 1.20 bits per heavy atom. The van der Waals surface area contributed by atoms with E-state index in [9.17, 15) is 0 Å².